The number of rotatable bonds is 9. The number of halogens is 3. The van der Waals surface area contributed by atoms with Gasteiger partial charge in [-0.1, -0.05) is 16.3 Å². The lowest BCUT2D eigenvalue weighted by atomic mass is 9.58. The van der Waals surface area contributed by atoms with E-state index in [9.17, 15) is 18.4 Å². The lowest BCUT2D eigenvalue weighted by Crippen LogP contribution is -2.46. The summed E-state index contributed by atoms with van der Waals surface area (Å²) in [7, 11) is 1.78. The van der Waals surface area contributed by atoms with Gasteiger partial charge in [-0.2, -0.15) is 10.4 Å². The van der Waals surface area contributed by atoms with Gasteiger partial charge >= 0.3 is 0 Å². The van der Waals surface area contributed by atoms with Crippen LogP contribution in [0.1, 0.15) is 118 Å². The van der Waals surface area contributed by atoms with Crippen LogP contribution in [0.25, 0.3) is 11.1 Å². The molecule has 1 spiro atoms. The molecule has 0 unspecified atom stereocenters. The number of fused-ring (bicyclic) bond motifs is 1. The van der Waals surface area contributed by atoms with E-state index in [0.29, 0.717) is 65.3 Å². The van der Waals surface area contributed by atoms with Crippen molar-refractivity contribution in [1.29, 1.82) is 5.26 Å². The smallest absolute Gasteiger partial charge is 0.272 e. The summed E-state index contributed by atoms with van der Waals surface area (Å²) in [5.74, 6) is 1.85. The van der Waals surface area contributed by atoms with E-state index >= 15 is 0 Å². The van der Waals surface area contributed by atoms with Crippen LogP contribution >= 0.6 is 11.6 Å². The van der Waals surface area contributed by atoms with Crippen LogP contribution in [0.15, 0.2) is 71.2 Å². The maximum atomic E-state index is 14.7. The normalized spacial score (nSPS) is 25.3. The van der Waals surface area contributed by atoms with Gasteiger partial charge in [-0.25, -0.2) is 8.78 Å². The summed E-state index contributed by atoms with van der Waals surface area (Å²) in [4.78, 5) is 29.7. The first-order valence-corrected chi connectivity index (χ1v) is 23.9. The Balaban J connectivity index is 0.740. The van der Waals surface area contributed by atoms with Crippen LogP contribution in [0.5, 0.6) is 11.6 Å². The molecule has 0 radical (unpaired) electrons. The Morgan fingerprint density at radius 2 is 1.81 bits per heavy atom. The number of benzene rings is 2. The number of ether oxygens (including phenoxy) is 2. The molecule has 3 saturated carbocycles. The van der Waals surface area contributed by atoms with Gasteiger partial charge in [-0.3, -0.25) is 14.3 Å². The van der Waals surface area contributed by atoms with Crippen molar-refractivity contribution < 1.29 is 32.5 Å². The number of aromatic nitrogens is 4. The Morgan fingerprint density at radius 3 is 2.49 bits per heavy atom. The first-order chi connectivity index (χ1) is 32.4. The summed E-state index contributed by atoms with van der Waals surface area (Å²) in [6, 6.07) is 14.1. The molecule has 0 atom stereocenters. The van der Waals surface area contributed by atoms with E-state index in [0.717, 1.165) is 105 Å². The summed E-state index contributed by atoms with van der Waals surface area (Å²) in [6.45, 7) is 3.27. The van der Waals surface area contributed by atoms with Crippen LogP contribution in [0.2, 0.25) is 5.02 Å². The molecular formula is C50H54ClF2N10O4+. The fraction of sp³-hybridized carbons (Fsp3) is 0.480. The number of anilines is 1. The van der Waals surface area contributed by atoms with Crippen LogP contribution in [-0.4, -0.2) is 91.3 Å². The Morgan fingerprint density at radius 1 is 1.00 bits per heavy atom. The number of aryl methyl sites for hydroxylation is 2. The van der Waals surface area contributed by atoms with Crippen molar-refractivity contribution in [2.75, 3.05) is 24.5 Å². The van der Waals surface area contributed by atoms with E-state index in [1.165, 1.54) is 0 Å². The third-order valence-corrected chi connectivity index (χ3v) is 15.0. The molecule has 2 aromatic heterocycles. The summed E-state index contributed by atoms with van der Waals surface area (Å²) < 4.78 is 45.4. The van der Waals surface area contributed by atoms with Crippen molar-refractivity contribution in [3.63, 3.8) is 0 Å². The van der Waals surface area contributed by atoms with Crippen molar-refractivity contribution in [2.24, 2.45) is 23.5 Å². The van der Waals surface area contributed by atoms with Gasteiger partial charge in [0.05, 0.1) is 41.4 Å². The second-order valence-corrected chi connectivity index (χ2v) is 19.5. The zero-order valence-electron chi connectivity index (χ0n) is 37.8. The van der Waals surface area contributed by atoms with Gasteiger partial charge in [0.25, 0.3) is 12.3 Å². The monoisotopic (exact) mass is 931 g/mol. The molecule has 17 heteroatoms. The fourth-order valence-corrected chi connectivity index (χ4v) is 11.2. The van der Waals surface area contributed by atoms with Crippen molar-refractivity contribution in [3.8, 4) is 28.8 Å². The number of nitrogens with one attached hydrogen (secondary N) is 1. The molecule has 6 aliphatic rings. The van der Waals surface area contributed by atoms with Crippen molar-refractivity contribution >= 4 is 41.2 Å². The van der Waals surface area contributed by atoms with Gasteiger partial charge < -0.3 is 24.6 Å². The van der Waals surface area contributed by atoms with E-state index in [-0.39, 0.29) is 46.7 Å². The zero-order chi connectivity index (χ0) is 46.4. The molecule has 2 amide bonds. The van der Waals surface area contributed by atoms with Gasteiger partial charge in [0, 0.05) is 79.3 Å². The number of amides is 2. The lowest BCUT2D eigenvalue weighted by molar-refractivity contribution is -0.479. The first kappa shape index (κ1) is 44.6. The minimum absolute atomic E-state index is 0.00444. The average molecular weight is 932 g/mol. The van der Waals surface area contributed by atoms with E-state index < -0.39 is 6.43 Å². The number of carbonyl (C=O) groups excluding carboxylic acids is 2. The molecule has 348 valence electrons. The number of hydrazone groups is 1. The summed E-state index contributed by atoms with van der Waals surface area (Å²) >= 11 is 6.16. The molecule has 1 N–H and O–H groups in total. The molecule has 2 aromatic carbocycles. The summed E-state index contributed by atoms with van der Waals surface area (Å²) in [5, 5.41) is 30.5. The largest absolute Gasteiger partial charge is 0.490 e. The molecule has 0 saturated heterocycles. The van der Waals surface area contributed by atoms with Crippen molar-refractivity contribution in [1.82, 2.24) is 30.2 Å². The molecule has 10 rings (SSSR count). The second-order valence-electron chi connectivity index (χ2n) is 19.1. The van der Waals surface area contributed by atoms with Gasteiger partial charge in [-0.15, -0.1) is 10.2 Å². The van der Waals surface area contributed by atoms with E-state index in [2.05, 4.69) is 37.8 Å². The lowest BCUT2D eigenvalue weighted by Gasteiger charge is -2.50. The summed E-state index contributed by atoms with van der Waals surface area (Å²) in [6.07, 6.45) is 14.5. The van der Waals surface area contributed by atoms with E-state index in [1.54, 1.807) is 67.4 Å². The summed E-state index contributed by atoms with van der Waals surface area (Å²) in [5.41, 5.74) is 5.84. The zero-order valence-corrected chi connectivity index (χ0v) is 38.5. The Kier molecular flexibility index (Phi) is 12.3. The van der Waals surface area contributed by atoms with Gasteiger partial charge in [0.15, 0.2) is 11.9 Å². The number of alkyl halides is 2. The Labute approximate surface area is 393 Å². The molecule has 3 aliphatic carbocycles. The van der Waals surface area contributed by atoms with Crippen molar-refractivity contribution in [3.05, 3.63) is 93.5 Å². The second kappa shape index (κ2) is 18.5. The first-order valence-electron chi connectivity index (χ1n) is 23.5. The third-order valence-electron chi connectivity index (χ3n) is 14.7. The van der Waals surface area contributed by atoms with Gasteiger partial charge in [0.1, 0.15) is 17.9 Å². The highest BCUT2D eigenvalue weighted by Gasteiger charge is 2.48. The molecular weight excluding hydrogens is 878 g/mol. The van der Waals surface area contributed by atoms with Crippen LogP contribution in [-0.2, 0) is 18.3 Å². The van der Waals surface area contributed by atoms with Crippen molar-refractivity contribution in [2.45, 2.75) is 115 Å². The van der Waals surface area contributed by atoms with Crippen LogP contribution in [0, 0.1) is 22.7 Å². The minimum Gasteiger partial charge on any atom is -0.490 e. The number of nitrogens with zero attached hydrogens (tertiary/aromatic N) is 9. The van der Waals surface area contributed by atoms with E-state index in [1.807, 2.05) is 15.7 Å². The highest BCUT2D eigenvalue weighted by Crippen LogP contribution is 2.53. The van der Waals surface area contributed by atoms with Gasteiger partial charge in [-0.05, 0) is 124 Å². The number of hydrogen-bond donors (Lipinski definition) is 1. The quantitative estimate of drug-likeness (QED) is 0.163. The fourth-order valence-electron chi connectivity index (χ4n) is 11.0. The topological polar surface area (TPSA) is 154 Å². The third kappa shape index (κ3) is 9.27. The highest BCUT2D eigenvalue weighted by molar-refractivity contribution is 6.31. The van der Waals surface area contributed by atoms with Crippen LogP contribution in [0.4, 0.5) is 14.5 Å². The number of nitriles is 1. The highest BCUT2D eigenvalue weighted by atomic mass is 35.5. The molecule has 67 heavy (non-hydrogen) atoms. The number of hydrogen-bond acceptors (Lipinski definition) is 10. The van der Waals surface area contributed by atoms with Gasteiger partial charge in [0.2, 0.25) is 23.3 Å². The Bertz CT molecular complexity index is 2710. The Hall–Kier alpha value is -6.21. The van der Waals surface area contributed by atoms with Crippen LogP contribution in [0.3, 0.4) is 0 Å². The maximum Gasteiger partial charge on any atom is 0.272 e. The predicted octanol–water partition coefficient (Wildman–Crippen LogP) is 8.55. The molecule has 0 bridgehead atoms. The van der Waals surface area contributed by atoms with Crippen LogP contribution < -0.4 is 19.7 Å². The SMILES string of the molecule is CC(=O)N1CCC2=C(C1)C(N1CCCc3cc(-c4cnn(C)c4)c(C(F)F)cc31)=N/[N+]2=C/C1CCC2(CC1)CC(Oc1ccc(C(=O)NC3CCC(Oc4ccc(C#N)c(Cl)c4)CC3)nn1)C2. The molecule has 3 fully saturated rings. The molecule has 3 aliphatic heterocycles. The minimum atomic E-state index is -2.67. The molecule has 14 nitrogen and oxygen atoms in total. The maximum absolute atomic E-state index is 14.7. The standard InChI is InChI=1S/C50H53ClF2N10O4/c1-30(64)61-19-15-44-41(29-61)48(62-18-3-4-32-20-39(34-26-55-60(2)28-34)40(47(52)53)22-45(32)62)59-63(44)27-31-13-16-50(17-14-31)23-38(24-50)67-46-12-11-43(57-58-46)49(65)56-35-6-9-36(10-7-35)66-37-8-5-33(25-54)42(51)21-37/h5,8,11-12,20-22,26-28,31,35-36,38,47H,3-4,6-7,9-10,13-19,23-24,29H2,1-2H3/p+1/b63-27+. The van der Waals surface area contributed by atoms with E-state index in [4.69, 9.17) is 31.4 Å². The molecule has 5 heterocycles. The molecule has 4 aromatic rings. The number of amidine groups is 1. The number of carbonyl (C=O) groups is 2. The predicted molar refractivity (Wildman–Crippen MR) is 247 cm³/mol. The average Bonchev–Trinajstić information content (AvgIpc) is 3.92.